The van der Waals surface area contributed by atoms with Crippen molar-refractivity contribution in [1.82, 2.24) is 0 Å². The standard InChI is InChI=1S/C12H16INO/c13-11-3-1-9(2-4-11)12(14)10-5-7-15-8-6-10/h1-4,10,12H,5-8,14H2/t12-/m1/s1. The molecule has 0 aromatic heterocycles. The summed E-state index contributed by atoms with van der Waals surface area (Å²) in [5, 5.41) is 0. The average molecular weight is 317 g/mol. The highest BCUT2D eigenvalue weighted by molar-refractivity contribution is 14.1. The number of hydrogen-bond acceptors (Lipinski definition) is 2. The molecule has 2 rings (SSSR count). The molecule has 15 heavy (non-hydrogen) atoms. The van der Waals surface area contributed by atoms with Crippen LogP contribution in [-0.4, -0.2) is 13.2 Å². The summed E-state index contributed by atoms with van der Waals surface area (Å²) in [6.45, 7) is 1.73. The van der Waals surface area contributed by atoms with Crippen molar-refractivity contribution in [3.05, 3.63) is 33.4 Å². The Hall–Kier alpha value is -0.130. The molecule has 1 heterocycles. The summed E-state index contributed by atoms with van der Waals surface area (Å²) >= 11 is 2.31. The predicted molar refractivity (Wildman–Crippen MR) is 69.6 cm³/mol. The van der Waals surface area contributed by atoms with Gasteiger partial charge < -0.3 is 10.5 Å². The maximum absolute atomic E-state index is 6.26. The lowest BCUT2D eigenvalue weighted by Gasteiger charge is -2.27. The first-order valence-corrected chi connectivity index (χ1v) is 6.44. The molecule has 0 radical (unpaired) electrons. The van der Waals surface area contributed by atoms with Crippen LogP contribution >= 0.6 is 22.6 Å². The van der Waals surface area contributed by atoms with Crippen molar-refractivity contribution in [2.24, 2.45) is 11.7 Å². The topological polar surface area (TPSA) is 35.2 Å². The molecule has 1 aliphatic rings. The first kappa shape index (κ1) is 11.4. The van der Waals surface area contributed by atoms with Crippen LogP contribution in [0.4, 0.5) is 0 Å². The fraction of sp³-hybridized carbons (Fsp3) is 0.500. The smallest absolute Gasteiger partial charge is 0.0469 e. The zero-order valence-corrected chi connectivity index (χ0v) is 10.8. The van der Waals surface area contributed by atoms with Crippen molar-refractivity contribution in [2.45, 2.75) is 18.9 Å². The van der Waals surface area contributed by atoms with Crippen LogP contribution in [-0.2, 0) is 4.74 Å². The third kappa shape index (κ3) is 2.92. The molecule has 0 unspecified atom stereocenters. The van der Waals surface area contributed by atoms with Crippen LogP contribution in [0, 0.1) is 9.49 Å². The van der Waals surface area contributed by atoms with E-state index in [1.807, 2.05) is 0 Å². The zero-order valence-electron chi connectivity index (χ0n) is 8.66. The van der Waals surface area contributed by atoms with E-state index in [0.717, 1.165) is 26.1 Å². The van der Waals surface area contributed by atoms with Crippen LogP contribution in [0.25, 0.3) is 0 Å². The van der Waals surface area contributed by atoms with Gasteiger partial charge in [-0.05, 0) is 59.0 Å². The van der Waals surface area contributed by atoms with Gasteiger partial charge in [-0.2, -0.15) is 0 Å². The molecule has 2 N–H and O–H groups in total. The maximum atomic E-state index is 6.26. The van der Waals surface area contributed by atoms with Gasteiger partial charge in [0.15, 0.2) is 0 Å². The molecular weight excluding hydrogens is 301 g/mol. The van der Waals surface area contributed by atoms with E-state index in [0.29, 0.717) is 5.92 Å². The quantitative estimate of drug-likeness (QED) is 0.851. The molecule has 1 aliphatic heterocycles. The largest absolute Gasteiger partial charge is 0.381 e. The lowest BCUT2D eigenvalue weighted by atomic mass is 9.88. The molecule has 1 fully saturated rings. The molecule has 3 heteroatoms. The van der Waals surface area contributed by atoms with E-state index in [-0.39, 0.29) is 6.04 Å². The molecule has 0 aliphatic carbocycles. The highest BCUT2D eigenvalue weighted by Crippen LogP contribution is 2.28. The van der Waals surface area contributed by atoms with Crippen molar-refractivity contribution >= 4 is 22.6 Å². The lowest BCUT2D eigenvalue weighted by molar-refractivity contribution is 0.0584. The molecule has 0 amide bonds. The Morgan fingerprint density at radius 3 is 2.40 bits per heavy atom. The number of nitrogens with two attached hydrogens (primary N) is 1. The number of ether oxygens (including phenoxy) is 1. The highest BCUT2D eigenvalue weighted by Gasteiger charge is 2.21. The van der Waals surface area contributed by atoms with Crippen LogP contribution in [0.3, 0.4) is 0 Å². The van der Waals surface area contributed by atoms with Crippen LogP contribution < -0.4 is 5.73 Å². The van der Waals surface area contributed by atoms with Gasteiger partial charge in [0.25, 0.3) is 0 Å². The third-order valence-electron chi connectivity index (χ3n) is 3.03. The van der Waals surface area contributed by atoms with Crippen molar-refractivity contribution in [1.29, 1.82) is 0 Å². The SMILES string of the molecule is N[C@H](c1ccc(I)cc1)C1CCOCC1. The third-order valence-corrected chi connectivity index (χ3v) is 3.75. The summed E-state index contributed by atoms with van der Waals surface area (Å²) in [4.78, 5) is 0. The van der Waals surface area contributed by atoms with Gasteiger partial charge in [-0.25, -0.2) is 0 Å². The van der Waals surface area contributed by atoms with E-state index in [4.69, 9.17) is 10.5 Å². The van der Waals surface area contributed by atoms with Crippen molar-refractivity contribution in [2.75, 3.05) is 13.2 Å². The zero-order chi connectivity index (χ0) is 10.7. The molecule has 1 aromatic carbocycles. The Morgan fingerprint density at radius 1 is 1.20 bits per heavy atom. The second kappa shape index (κ2) is 5.27. The van der Waals surface area contributed by atoms with E-state index in [1.165, 1.54) is 9.13 Å². The van der Waals surface area contributed by atoms with Crippen molar-refractivity contribution in [3.8, 4) is 0 Å². The van der Waals surface area contributed by atoms with Gasteiger partial charge in [0.05, 0.1) is 0 Å². The molecule has 0 spiro atoms. The predicted octanol–water partition coefficient (Wildman–Crippen LogP) is 2.72. The molecule has 0 bridgehead atoms. The number of benzene rings is 1. The summed E-state index contributed by atoms with van der Waals surface area (Å²) in [6, 6.07) is 8.69. The Balaban J connectivity index is 2.05. The minimum atomic E-state index is 0.172. The lowest BCUT2D eigenvalue weighted by Crippen LogP contribution is -2.27. The van der Waals surface area contributed by atoms with Crippen LogP contribution in [0.5, 0.6) is 0 Å². The van der Waals surface area contributed by atoms with Gasteiger partial charge in [0.2, 0.25) is 0 Å². The van der Waals surface area contributed by atoms with E-state index in [9.17, 15) is 0 Å². The molecule has 82 valence electrons. The van der Waals surface area contributed by atoms with E-state index < -0.39 is 0 Å². The van der Waals surface area contributed by atoms with E-state index in [2.05, 4.69) is 46.9 Å². The summed E-state index contributed by atoms with van der Waals surface area (Å²) < 4.78 is 6.61. The molecule has 1 aromatic rings. The van der Waals surface area contributed by atoms with E-state index >= 15 is 0 Å². The number of hydrogen-bond donors (Lipinski definition) is 1. The summed E-state index contributed by atoms with van der Waals surface area (Å²) in [6.07, 6.45) is 2.18. The first-order chi connectivity index (χ1) is 7.27. The monoisotopic (exact) mass is 317 g/mol. The highest BCUT2D eigenvalue weighted by atomic mass is 127. The van der Waals surface area contributed by atoms with Crippen LogP contribution in [0.15, 0.2) is 24.3 Å². The normalized spacial score (nSPS) is 20.1. The van der Waals surface area contributed by atoms with Gasteiger partial charge in [-0.3, -0.25) is 0 Å². The summed E-state index contributed by atoms with van der Waals surface area (Å²) in [7, 11) is 0. The number of rotatable bonds is 2. The minimum Gasteiger partial charge on any atom is -0.381 e. The van der Waals surface area contributed by atoms with Crippen molar-refractivity contribution in [3.63, 3.8) is 0 Å². The van der Waals surface area contributed by atoms with E-state index in [1.54, 1.807) is 0 Å². The molecular formula is C12H16INO. The minimum absolute atomic E-state index is 0.172. The second-order valence-electron chi connectivity index (χ2n) is 4.03. The molecule has 2 nitrogen and oxygen atoms in total. The fourth-order valence-electron chi connectivity index (χ4n) is 2.03. The van der Waals surface area contributed by atoms with Crippen LogP contribution in [0.1, 0.15) is 24.4 Å². The second-order valence-corrected chi connectivity index (χ2v) is 5.27. The Labute approximate surface area is 104 Å². The van der Waals surface area contributed by atoms with Crippen LogP contribution in [0.2, 0.25) is 0 Å². The summed E-state index contributed by atoms with van der Waals surface area (Å²) in [5.41, 5.74) is 7.51. The van der Waals surface area contributed by atoms with Gasteiger partial charge in [0, 0.05) is 22.8 Å². The first-order valence-electron chi connectivity index (χ1n) is 5.36. The van der Waals surface area contributed by atoms with Gasteiger partial charge in [-0.1, -0.05) is 12.1 Å². The molecule has 0 saturated carbocycles. The molecule has 1 atom stereocenters. The Morgan fingerprint density at radius 2 is 1.80 bits per heavy atom. The van der Waals surface area contributed by atoms with Gasteiger partial charge in [0.1, 0.15) is 0 Å². The number of halogens is 1. The summed E-state index contributed by atoms with van der Waals surface area (Å²) in [5.74, 6) is 0.582. The maximum Gasteiger partial charge on any atom is 0.0469 e. The van der Waals surface area contributed by atoms with Gasteiger partial charge >= 0.3 is 0 Å². The average Bonchev–Trinajstić information content (AvgIpc) is 2.30. The Kier molecular flexibility index (Phi) is 3.99. The Bertz CT molecular complexity index is 306. The van der Waals surface area contributed by atoms with Gasteiger partial charge in [-0.15, -0.1) is 0 Å². The molecule has 1 saturated heterocycles. The fourth-order valence-corrected chi connectivity index (χ4v) is 2.39. The van der Waals surface area contributed by atoms with Crippen molar-refractivity contribution < 1.29 is 4.74 Å².